The maximum atomic E-state index is 12.6. The summed E-state index contributed by atoms with van der Waals surface area (Å²) < 4.78 is 11.5. The van der Waals surface area contributed by atoms with Gasteiger partial charge in [-0.2, -0.15) is 0 Å². The van der Waals surface area contributed by atoms with Crippen LogP contribution in [0.2, 0.25) is 0 Å². The van der Waals surface area contributed by atoms with Gasteiger partial charge in [-0.15, -0.1) is 0 Å². The monoisotopic (exact) mass is 708 g/mol. The molecule has 0 rings (SSSR count). The Labute approximate surface area is 313 Å². The second kappa shape index (κ2) is 39.1. The minimum absolute atomic E-state index is 0.0148. The molecule has 5 heteroatoms. The van der Waals surface area contributed by atoms with Gasteiger partial charge in [0.1, 0.15) is 6.10 Å². The third-order valence-electron chi connectivity index (χ3n) is 10.8. The first-order chi connectivity index (χ1) is 24.5. The molecule has 2 N–H and O–H groups in total. The number of hydrogen-bond acceptors (Lipinski definition) is 5. The van der Waals surface area contributed by atoms with E-state index in [2.05, 4.69) is 27.7 Å². The third-order valence-corrected chi connectivity index (χ3v) is 10.8. The van der Waals surface area contributed by atoms with Gasteiger partial charge in [-0.3, -0.25) is 9.59 Å². The highest BCUT2D eigenvalue weighted by Gasteiger charge is 2.14. The molecule has 0 saturated heterocycles. The molecule has 0 aliphatic carbocycles. The minimum atomic E-state index is -0.0148. The summed E-state index contributed by atoms with van der Waals surface area (Å²) in [6.45, 7) is 9.63. The second-order valence-electron chi connectivity index (χ2n) is 15.7. The van der Waals surface area contributed by atoms with Crippen molar-refractivity contribution in [3.05, 3.63) is 0 Å². The van der Waals surface area contributed by atoms with Crippen molar-refractivity contribution in [1.29, 1.82) is 0 Å². The van der Waals surface area contributed by atoms with Crippen LogP contribution < -0.4 is 5.73 Å². The molecule has 5 nitrogen and oxygen atoms in total. The first-order valence-corrected chi connectivity index (χ1v) is 22.6. The maximum Gasteiger partial charge on any atom is 0.306 e. The summed E-state index contributed by atoms with van der Waals surface area (Å²) in [6.07, 6.45) is 41.0. The summed E-state index contributed by atoms with van der Waals surface area (Å²) in [5.74, 6) is 0.710. The van der Waals surface area contributed by atoms with Gasteiger partial charge < -0.3 is 15.2 Å². The van der Waals surface area contributed by atoms with E-state index in [-0.39, 0.29) is 18.0 Å². The average molecular weight is 708 g/mol. The lowest BCUT2D eigenvalue weighted by Crippen LogP contribution is -2.19. The van der Waals surface area contributed by atoms with Crippen molar-refractivity contribution in [3.8, 4) is 0 Å². The van der Waals surface area contributed by atoms with Crippen LogP contribution in [0.15, 0.2) is 0 Å². The Balaban J connectivity index is 3.81. The quantitative estimate of drug-likeness (QED) is 0.0506. The fourth-order valence-corrected chi connectivity index (χ4v) is 7.19. The number of carbonyl (C=O) groups excluding carboxylic acids is 2. The van der Waals surface area contributed by atoms with Crippen molar-refractivity contribution in [2.45, 2.75) is 265 Å². The van der Waals surface area contributed by atoms with E-state index in [9.17, 15) is 9.59 Å². The van der Waals surface area contributed by atoms with Gasteiger partial charge in [-0.05, 0) is 63.7 Å². The standard InChI is InChI=1S/C45H89NO4/c1-5-9-12-15-21-28-35-43(36-29-22-16-13-10-6-2)50-45(48)38-31-24-18-20-27-34-42(46)33-26-19-17-23-30-37-44(47)49-40-39-41(8-4)32-25-14-11-7-3/h41-43H,5-40,46H2,1-4H3. The molecule has 0 spiro atoms. The Bertz CT molecular complexity index is 697. The van der Waals surface area contributed by atoms with E-state index >= 15 is 0 Å². The van der Waals surface area contributed by atoms with Gasteiger partial charge in [0.15, 0.2) is 0 Å². The molecule has 298 valence electrons. The summed E-state index contributed by atoms with van der Waals surface area (Å²) >= 11 is 0. The molecule has 0 aliphatic heterocycles. The predicted octanol–water partition coefficient (Wildman–Crippen LogP) is 14.1. The van der Waals surface area contributed by atoms with Gasteiger partial charge in [0.2, 0.25) is 0 Å². The van der Waals surface area contributed by atoms with Crippen LogP contribution in [0, 0.1) is 5.92 Å². The van der Waals surface area contributed by atoms with Gasteiger partial charge in [0, 0.05) is 18.9 Å². The topological polar surface area (TPSA) is 78.6 Å². The zero-order valence-corrected chi connectivity index (χ0v) is 34.4. The first-order valence-electron chi connectivity index (χ1n) is 22.6. The minimum Gasteiger partial charge on any atom is -0.466 e. The van der Waals surface area contributed by atoms with Crippen LogP contribution in [0.5, 0.6) is 0 Å². The molecule has 0 amide bonds. The van der Waals surface area contributed by atoms with Crippen LogP contribution in [0.4, 0.5) is 0 Å². The van der Waals surface area contributed by atoms with Gasteiger partial charge in [-0.25, -0.2) is 0 Å². The van der Waals surface area contributed by atoms with Crippen LogP contribution in [-0.2, 0) is 19.1 Å². The molecular formula is C45H89NO4. The van der Waals surface area contributed by atoms with Gasteiger partial charge in [0.25, 0.3) is 0 Å². The van der Waals surface area contributed by atoms with E-state index in [1.165, 1.54) is 154 Å². The number of unbranched alkanes of at least 4 members (excludes halogenated alkanes) is 21. The Kier molecular flexibility index (Phi) is 38.3. The molecule has 0 bridgehead atoms. The van der Waals surface area contributed by atoms with Crippen molar-refractivity contribution in [2.24, 2.45) is 11.7 Å². The molecule has 0 aliphatic rings. The summed E-state index contributed by atoms with van der Waals surface area (Å²) in [6, 6.07) is 0.300. The van der Waals surface area contributed by atoms with Crippen LogP contribution in [0.1, 0.15) is 252 Å². The van der Waals surface area contributed by atoms with E-state index in [1.54, 1.807) is 0 Å². The van der Waals surface area contributed by atoms with E-state index < -0.39 is 0 Å². The summed E-state index contributed by atoms with van der Waals surface area (Å²) in [5.41, 5.74) is 6.41. The van der Waals surface area contributed by atoms with Crippen molar-refractivity contribution in [1.82, 2.24) is 0 Å². The van der Waals surface area contributed by atoms with Crippen molar-refractivity contribution in [2.75, 3.05) is 6.61 Å². The number of rotatable bonds is 40. The molecule has 0 radical (unpaired) electrons. The number of hydrogen-bond donors (Lipinski definition) is 1. The second-order valence-corrected chi connectivity index (χ2v) is 15.7. The van der Waals surface area contributed by atoms with Crippen molar-refractivity contribution >= 4 is 11.9 Å². The Morgan fingerprint density at radius 1 is 0.440 bits per heavy atom. The lowest BCUT2D eigenvalue weighted by atomic mass is 9.95. The Hall–Kier alpha value is -1.10. The van der Waals surface area contributed by atoms with Crippen molar-refractivity contribution in [3.63, 3.8) is 0 Å². The zero-order valence-electron chi connectivity index (χ0n) is 34.4. The van der Waals surface area contributed by atoms with Gasteiger partial charge >= 0.3 is 11.9 Å². The lowest BCUT2D eigenvalue weighted by molar-refractivity contribution is -0.150. The number of carbonyl (C=O) groups is 2. The smallest absolute Gasteiger partial charge is 0.306 e. The van der Waals surface area contributed by atoms with E-state index in [1.807, 2.05) is 0 Å². The van der Waals surface area contributed by atoms with Gasteiger partial charge in [0.05, 0.1) is 6.61 Å². The molecule has 0 aromatic carbocycles. The molecule has 50 heavy (non-hydrogen) atoms. The van der Waals surface area contributed by atoms with E-state index in [4.69, 9.17) is 15.2 Å². The fraction of sp³-hybridized carbons (Fsp3) is 0.956. The Morgan fingerprint density at radius 3 is 1.30 bits per heavy atom. The summed E-state index contributed by atoms with van der Waals surface area (Å²) in [4.78, 5) is 24.8. The molecule has 2 atom stereocenters. The Morgan fingerprint density at radius 2 is 0.820 bits per heavy atom. The van der Waals surface area contributed by atoms with E-state index in [0.717, 1.165) is 57.8 Å². The third kappa shape index (κ3) is 35.3. The molecular weight excluding hydrogens is 618 g/mol. The largest absolute Gasteiger partial charge is 0.466 e. The fourth-order valence-electron chi connectivity index (χ4n) is 7.19. The first kappa shape index (κ1) is 48.9. The molecule has 0 saturated carbocycles. The van der Waals surface area contributed by atoms with E-state index in [0.29, 0.717) is 31.4 Å². The normalized spacial score (nSPS) is 12.8. The molecule has 0 aromatic rings. The maximum absolute atomic E-state index is 12.6. The van der Waals surface area contributed by atoms with Crippen LogP contribution in [0.3, 0.4) is 0 Å². The highest BCUT2D eigenvalue weighted by molar-refractivity contribution is 5.69. The lowest BCUT2D eigenvalue weighted by Gasteiger charge is -2.18. The SMILES string of the molecule is CCCCCCCCC(CCCCCCCC)OC(=O)CCCCCCCC(N)CCCCCCCC(=O)OCCC(CC)CCCCCC. The number of esters is 2. The van der Waals surface area contributed by atoms with Crippen LogP contribution in [0.25, 0.3) is 0 Å². The zero-order chi connectivity index (χ0) is 36.8. The van der Waals surface area contributed by atoms with Crippen molar-refractivity contribution < 1.29 is 19.1 Å². The van der Waals surface area contributed by atoms with Crippen LogP contribution >= 0.6 is 0 Å². The number of nitrogens with two attached hydrogens (primary N) is 1. The molecule has 0 heterocycles. The highest BCUT2D eigenvalue weighted by atomic mass is 16.5. The highest BCUT2D eigenvalue weighted by Crippen LogP contribution is 2.20. The molecule has 0 aromatic heterocycles. The predicted molar refractivity (Wildman–Crippen MR) is 217 cm³/mol. The molecule has 2 unspecified atom stereocenters. The molecule has 0 fully saturated rings. The average Bonchev–Trinajstić information content (AvgIpc) is 3.11. The summed E-state index contributed by atoms with van der Waals surface area (Å²) in [7, 11) is 0. The summed E-state index contributed by atoms with van der Waals surface area (Å²) in [5, 5.41) is 0. The number of ether oxygens (including phenoxy) is 2. The van der Waals surface area contributed by atoms with Gasteiger partial charge in [-0.1, -0.05) is 182 Å². The van der Waals surface area contributed by atoms with Crippen LogP contribution in [-0.4, -0.2) is 30.7 Å².